The summed E-state index contributed by atoms with van der Waals surface area (Å²) in [7, 11) is 0. The average molecular weight is 620 g/mol. The third-order valence-electron chi connectivity index (χ3n) is 8.96. The van der Waals surface area contributed by atoms with E-state index in [4.69, 9.17) is 0 Å². The first-order chi connectivity index (χ1) is 22.7. The van der Waals surface area contributed by atoms with Gasteiger partial charge in [0.15, 0.2) is 0 Å². The molecule has 3 heteroatoms. The summed E-state index contributed by atoms with van der Waals surface area (Å²) in [6.45, 7) is 0. The van der Waals surface area contributed by atoms with Crippen LogP contribution >= 0.6 is 22.7 Å². The maximum atomic E-state index is 10.2. The molecule has 2 heterocycles. The van der Waals surface area contributed by atoms with Gasteiger partial charge in [-0.2, -0.15) is 5.26 Å². The SMILES string of the molecule is N#Cc1ccccc1-c1cc(-c2ccc3c(c2)sc2ccccc23)c(-c2ccccc2)cc1-c1ccc2c(c1)sc1ccccc12. The van der Waals surface area contributed by atoms with E-state index in [9.17, 15) is 5.26 Å². The molecule has 0 atom stereocenters. The second-order valence-corrected chi connectivity index (χ2v) is 13.8. The molecule has 0 fully saturated rings. The van der Waals surface area contributed by atoms with Crippen molar-refractivity contribution < 1.29 is 0 Å². The topological polar surface area (TPSA) is 23.8 Å². The van der Waals surface area contributed by atoms with Gasteiger partial charge < -0.3 is 0 Å². The van der Waals surface area contributed by atoms with Crippen LogP contribution in [0, 0.1) is 11.3 Å². The predicted octanol–water partition coefficient (Wildman–Crippen LogP) is 13.0. The molecule has 0 bridgehead atoms. The molecule has 0 saturated heterocycles. The number of fused-ring (bicyclic) bond motifs is 6. The number of hydrogen-bond acceptors (Lipinski definition) is 3. The molecule has 0 N–H and O–H groups in total. The van der Waals surface area contributed by atoms with Crippen molar-refractivity contribution in [3.8, 4) is 50.6 Å². The molecule has 7 aromatic carbocycles. The quantitative estimate of drug-likeness (QED) is 0.192. The minimum absolute atomic E-state index is 0.671. The van der Waals surface area contributed by atoms with E-state index in [0.717, 1.165) is 27.8 Å². The number of hydrogen-bond donors (Lipinski definition) is 0. The Morgan fingerprint density at radius 1 is 0.348 bits per heavy atom. The summed E-state index contributed by atoms with van der Waals surface area (Å²) in [5.74, 6) is 0. The summed E-state index contributed by atoms with van der Waals surface area (Å²) in [6.07, 6.45) is 0. The van der Waals surface area contributed by atoms with Crippen molar-refractivity contribution in [1.82, 2.24) is 0 Å². The van der Waals surface area contributed by atoms with E-state index in [0.29, 0.717) is 5.56 Å². The molecule has 0 saturated carbocycles. The second-order valence-electron chi connectivity index (χ2n) is 11.6. The van der Waals surface area contributed by atoms with Gasteiger partial charge in [0.2, 0.25) is 0 Å². The van der Waals surface area contributed by atoms with Crippen molar-refractivity contribution in [2.45, 2.75) is 0 Å². The fraction of sp³-hybridized carbons (Fsp3) is 0. The predicted molar refractivity (Wildman–Crippen MR) is 199 cm³/mol. The van der Waals surface area contributed by atoms with Crippen LogP contribution in [-0.4, -0.2) is 0 Å². The van der Waals surface area contributed by atoms with Gasteiger partial charge in [-0.3, -0.25) is 0 Å². The molecule has 0 aliphatic rings. The highest BCUT2D eigenvalue weighted by molar-refractivity contribution is 7.26. The van der Waals surface area contributed by atoms with Crippen molar-refractivity contribution in [1.29, 1.82) is 5.26 Å². The van der Waals surface area contributed by atoms with Crippen molar-refractivity contribution in [3.05, 3.63) is 157 Å². The maximum Gasteiger partial charge on any atom is 0.0998 e. The molecule has 0 unspecified atom stereocenters. The van der Waals surface area contributed by atoms with Crippen LogP contribution in [0.1, 0.15) is 5.56 Å². The fourth-order valence-electron chi connectivity index (χ4n) is 6.76. The maximum absolute atomic E-state index is 10.2. The number of rotatable bonds is 4. The summed E-state index contributed by atoms with van der Waals surface area (Å²) in [5, 5.41) is 15.4. The van der Waals surface area contributed by atoms with Crippen molar-refractivity contribution in [2.24, 2.45) is 0 Å². The van der Waals surface area contributed by atoms with Crippen LogP contribution in [0.2, 0.25) is 0 Å². The summed E-state index contributed by atoms with van der Waals surface area (Å²) < 4.78 is 5.13. The molecule has 0 radical (unpaired) electrons. The van der Waals surface area contributed by atoms with Crippen molar-refractivity contribution >= 4 is 63.0 Å². The zero-order chi connectivity index (χ0) is 30.6. The number of nitriles is 1. The molecular weight excluding hydrogens is 595 g/mol. The van der Waals surface area contributed by atoms with Crippen LogP contribution in [0.3, 0.4) is 0 Å². The first-order valence-corrected chi connectivity index (χ1v) is 16.9. The Morgan fingerprint density at radius 2 is 0.826 bits per heavy atom. The van der Waals surface area contributed by atoms with E-state index in [-0.39, 0.29) is 0 Å². The summed E-state index contributed by atoms with van der Waals surface area (Å²) in [6, 6.07) is 56.7. The Kier molecular flexibility index (Phi) is 6.31. The second kappa shape index (κ2) is 10.8. The number of nitrogens with zero attached hydrogens (tertiary/aromatic N) is 1. The van der Waals surface area contributed by atoms with Gasteiger partial charge in [-0.1, -0.05) is 109 Å². The lowest BCUT2D eigenvalue weighted by atomic mass is 9.84. The molecule has 1 nitrogen and oxygen atoms in total. The molecule has 214 valence electrons. The monoisotopic (exact) mass is 619 g/mol. The lowest BCUT2D eigenvalue weighted by Crippen LogP contribution is -1.94. The van der Waals surface area contributed by atoms with Gasteiger partial charge in [-0.15, -0.1) is 22.7 Å². The van der Waals surface area contributed by atoms with Crippen LogP contribution in [0.5, 0.6) is 0 Å². The molecule has 0 amide bonds. The molecular formula is C43H25NS2. The lowest BCUT2D eigenvalue weighted by molar-refractivity contribution is 1.47. The van der Waals surface area contributed by atoms with Crippen LogP contribution in [-0.2, 0) is 0 Å². The van der Waals surface area contributed by atoms with Gasteiger partial charge in [0.25, 0.3) is 0 Å². The van der Waals surface area contributed by atoms with Gasteiger partial charge in [0, 0.05) is 45.9 Å². The highest BCUT2D eigenvalue weighted by Gasteiger charge is 2.19. The standard InChI is InChI=1S/C43H25NS2/c44-26-30-12-4-5-13-31(30)39-25-37(28-18-20-34-32-14-6-8-16-40(32)45-42(34)22-28)36(27-10-2-1-3-11-27)24-38(39)29-19-21-35-33-15-7-9-17-41(33)46-43(35)23-29/h1-25H. The van der Waals surface area contributed by atoms with E-state index >= 15 is 0 Å². The van der Waals surface area contributed by atoms with E-state index in [1.807, 2.05) is 40.9 Å². The Morgan fingerprint density at radius 3 is 1.46 bits per heavy atom. The summed E-state index contributed by atoms with van der Waals surface area (Å²) >= 11 is 3.67. The van der Waals surface area contributed by atoms with Gasteiger partial charge >= 0.3 is 0 Å². The Balaban J connectivity index is 1.35. The Labute approximate surface area is 274 Å². The minimum Gasteiger partial charge on any atom is -0.192 e. The first-order valence-electron chi connectivity index (χ1n) is 15.3. The van der Waals surface area contributed by atoms with E-state index < -0.39 is 0 Å². The van der Waals surface area contributed by atoms with Crippen molar-refractivity contribution in [3.63, 3.8) is 0 Å². The molecule has 0 aliphatic heterocycles. The highest BCUT2D eigenvalue weighted by atomic mass is 32.1. The van der Waals surface area contributed by atoms with E-state index in [1.54, 1.807) is 0 Å². The Bertz CT molecular complexity index is 2650. The molecule has 46 heavy (non-hydrogen) atoms. The zero-order valence-corrected chi connectivity index (χ0v) is 26.3. The molecule has 2 aromatic heterocycles. The number of thiophene rings is 2. The molecule has 9 aromatic rings. The largest absolute Gasteiger partial charge is 0.192 e. The normalized spacial score (nSPS) is 11.5. The van der Waals surface area contributed by atoms with E-state index in [1.165, 1.54) is 57.0 Å². The smallest absolute Gasteiger partial charge is 0.0998 e. The van der Waals surface area contributed by atoms with Crippen LogP contribution in [0.25, 0.3) is 84.9 Å². The van der Waals surface area contributed by atoms with Gasteiger partial charge in [-0.05, 0) is 81.4 Å². The van der Waals surface area contributed by atoms with Gasteiger partial charge in [0.1, 0.15) is 0 Å². The highest BCUT2D eigenvalue weighted by Crippen LogP contribution is 2.46. The third-order valence-corrected chi connectivity index (χ3v) is 11.2. The van der Waals surface area contributed by atoms with Crippen LogP contribution in [0.4, 0.5) is 0 Å². The Hall–Kier alpha value is -5.53. The van der Waals surface area contributed by atoms with Crippen LogP contribution in [0.15, 0.2) is 152 Å². The fourth-order valence-corrected chi connectivity index (χ4v) is 9.05. The molecule has 9 rings (SSSR count). The molecule has 0 spiro atoms. The third kappa shape index (κ3) is 4.35. The average Bonchev–Trinajstić information content (AvgIpc) is 3.69. The van der Waals surface area contributed by atoms with E-state index in [2.05, 4.69) is 140 Å². The van der Waals surface area contributed by atoms with Gasteiger partial charge in [-0.25, -0.2) is 0 Å². The number of benzene rings is 7. The lowest BCUT2D eigenvalue weighted by Gasteiger charge is -2.19. The minimum atomic E-state index is 0.671. The van der Waals surface area contributed by atoms with Gasteiger partial charge in [0.05, 0.1) is 11.6 Å². The van der Waals surface area contributed by atoms with Crippen LogP contribution < -0.4 is 0 Å². The molecule has 0 aliphatic carbocycles. The first kappa shape index (κ1) is 26.8. The summed E-state index contributed by atoms with van der Waals surface area (Å²) in [5.41, 5.74) is 9.59. The van der Waals surface area contributed by atoms with Crippen molar-refractivity contribution in [2.75, 3.05) is 0 Å². The summed E-state index contributed by atoms with van der Waals surface area (Å²) in [4.78, 5) is 0. The zero-order valence-electron chi connectivity index (χ0n) is 24.7.